The topological polar surface area (TPSA) is 71.1 Å². The zero-order valence-corrected chi connectivity index (χ0v) is 15.6. The molecule has 148 valence electrons. The second-order valence-corrected chi connectivity index (χ2v) is 5.95. The molecule has 0 unspecified atom stereocenters. The maximum absolute atomic E-state index is 12.4. The number of ether oxygens (including phenoxy) is 4. The van der Waals surface area contributed by atoms with Crippen molar-refractivity contribution in [3.63, 3.8) is 0 Å². The Balaban J connectivity index is 1.52. The lowest BCUT2D eigenvalue weighted by molar-refractivity contribution is -0.215. The van der Waals surface area contributed by atoms with Gasteiger partial charge in [-0.2, -0.15) is 0 Å². The molecule has 6 nitrogen and oxygen atoms in total. The summed E-state index contributed by atoms with van der Waals surface area (Å²) in [6.07, 6.45) is 9.08. The van der Waals surface area contributed by atoms with E-state index in [2.05, 4.69) is 0 Å². The SMILES string of the molecule is O=C(OCC=Cc1ccccc1)C1(C(=O)OCC=Cc2ccccc2)OC=CO1. The van der Waals surface area contributed by atoms with Gasteiger partial charge in [-0.1, -0.05) is 72.8 Å². The number of hydrogen-bond acceptors (Lipinski definition) is 6. The molecule has 29 heavy (non-hydrogen) atoms. The van der Waals surface area contributed by atoms with Crippen LogP contribution in [0.5, 0.6) is 0 Å². The lowest BCUT2D eigenvalue weighted by atomic mass is 10.2. The van der Waals surface area contributed by atoms with E-state index >= 15 is 0 Å². The smallest absolute Gasteiger partial charge is 0.452 e. The number of carbonyl (C=O) groups is 2. The first-order valence-electron chi connectivity index (χ1n) is 8.99. The average Bonchev–Trinajstić information content (AvgIpc) is 3.27. The molecule has 0 saturated heterocycles. The third kappa shape index (κ3) is 5.35. The van der Waals surface area contributed by atoms with Crippen LogP contribution in [0, 0.1) is 0 Å². The monoisotopic (exact) mass is 392 g/mol. The molecule has 0 aliphatic carbocycles. The summed E-state index contributed by atoms with van der Waals surface area (Å²) >= 11 is 0. The second kappa shape index (κ2) is 9.94. The van der Waals surface area contributed by atoms with Crippen molar-refractivity contribution in [2.75, 3.05) is 13.2 Å². The molecule has 2 aromatic carbocycles. The largest absolute Gasteiger partial charge is 0.455 e. The normalized spacial score (nSPS) is 14.5. The summed E-state index contributed by atoms with van der Waals surface area (Å²) in [6.45, 7) is -0.104. The van der Waals surface area contributed by atoms with E-state index in [9.17, 15) is 9.59 Å². The Morgan fingerprint density at radius 1 is 0.724 bits per heavy atom. The molecule has 1 aliphatic rings. The number of esters is 2. The van der Waals surface area contributed by atoms with Crippen molar-refractivity contribution in [3.8, 4) is 0 Å². The van der Waals surface area contributed by atoms with Crippen molar-refractivity contribution in [1.29, 1.82) is 0 Å². The van der Waals surface area contributed by atoms with Crippen molar-refractivity contribution >= 4 is 24.1 Å². The van der Waals surface area contributed by atoms with Crippen LogP contribution in [0.25, 0.3) is 12.2 Å². The highest BCUT2D eigenvalue weighted by Crippen LogP contribution is 2.24. The summed E-state index contributed by atoms with van der Waals surface area (Å²) in [4.78, 5) is 24.8. The minimum absolute atomic E-state index is 0.0522. The Labute approximate surface area is 168 Å². The number of carbonyl (C=O) groups excluding carboxylic acids is 2. The fourth-order valence-corrected chi connectivity index (χ4v) is 2.49. The predicted octanol–water partition coefficient (Wildman–Crippen LogP) is 3.71. The Morgan fingerprint density at radius 3 is 1.55 bits per heavy atom. The highest BCUT2D eigenvalue weighted by molar-refractivity contribution is 6.02. The molecule has 1 heterocycles. The van der Waals surface area contributed by atoms with Gasteiger partial charge in [-0.25, -0.2) is 9.59 Å². The van der Waals surface area contributed by atoms with Crippen LogP contribution in [0.1, 0.15) is 11.1 Å². The maximum atomic E-state index is 12.4. The first kappa shape index (κ1) is 19.9. The Kier molecular flexibility index (Phi) is 6.84. The molecule has 2 aromatic rings. The predicted molar refractivity (Wildman–Crippen MR) is 107 cm³/mol. The van der Waals surface area contributed by atoms with Gasteiger partial charge in [-0.05, 0) is 23.3 Å². The molecule has 0 atom stereocenters. The van der Waals surface area contributed by atoms with E-state index in [1.807, 2.05) is 60.7 Å². The van der Waals surface area contributed by atoms with Crippen molar-refractivity contribution < 1.29 is 28.5 Å². The molecule has 0 saturated carbocycles. The third-order valence-electron chi connectivity index (χ3n) is 3.90. The maximum Gasteiger partial charge on any atom is 0.452 e. The minimum Gasteiger partial charge on any atom is -0.455 e. The van der Waals surface area contributed by atoms with Crippen LogP contribution < -0.4 is 0 Å². The third-order valence-corrected chi connectivity index (χ3v) is 3.90. The second-order valence-electron chi connectivity index (χ2n) is 5.95. The van der Waals surface area contributed by atoms with Gasteiger partial charge in [0.25, 0.3) is 0 Å². The summed E-state index contributed by atoms with van der Waals surface area (Å²) in [5, 5.41) is 0. The van der Waals surface area contributed by atoms with Crippen molar-refractivity contribution in [3.05, 3.63) is 96.5 Å². The van der Waals surface area contributed by atoms with Gasteiger partial charge >= 0.3 is 17.7 Å². The molecule has 0 bridgehead atoms. The van der Waals surface area contributed by atoms with Crippen molar-refractivity contribution in [2.24, 2.45) is 0 Å². The molecule has 3 rings (SSSR count). The van der Waals surface area contributed by atoms with Gasteiger partial charge in [-0.15, -0.1) is 0 Å². The van der Waals surface area contributed by atoms with Crippen LogP contribution in [-0.4, -0.2) is 30.9 Å². The first-order chi connectivity index (χ1) is 14.2. The van der Waals surface area contributed by atoms with Crippen LogP contribution in [0.15, 0.2) is 85.3 Å². The molecule has 0 spiro atoms. The highest BCUT2D eigenvalue weighted by atomic mass is 16.8. The molecular formula is C23H20O6. The van der Waals surface area contributed by atoms with Crippen LogP contribution in [0.2, 0.25) is 0 Å². The summed E-state index contributed by atoms with van der Waals surface area (Å²) in [7, 11) is 0. The number of rotatable bonds is 8. The molecule has 0 fully saturated rings. The lowest BCUT2D eigenvalue weighted by Gasteiger charge is -2.22. The zero-order chi connectivity index (χ0) is 20.4. The first-order valence-corrected chi connectivity index (χ1v) is 8.99. The summed E-state index contributed by atoms with van der Waals surface area (Å²) < 4.78 is 20.4. The van der Waals surface area contributed by atoms with Crippen LogP contribution in [-0.2, 0) is 28.5 Å². The van der Waals surface area contributed by atoms with Gasteiger partial charge in [-0.3, -0.25) is 0 Å². The lowest BCUT2D eigenvalue weighted by Crippen LogP contribution is -2.50. The molecule has 0 amide bonds. The Morgan fingerprint density at radius 2 is 1.14 bits per heavy atom. The molecule has 1 aliphatic heterocycles. The van der Waals surface area contributed by atoms with Gasteiger partial charge in [0.1, 0.15) is 25.7 Å². The van der Waals surface area contributed by atoms with E-state index in [4.69, 9.17) is 18.9 Å². The minimum atomic E-state index is -2.28. The molecule has 0 aromatic heterocycles. The quantitative estimate of drug-likeness (QED) is 0.504. The standard InChI is InChI=1S/C23H20O6/c24-21(26-15-7-13-19-9-3-1-4-10-19)23(28-17-18-29-23)22(25)27-16-8-14-20-11-5-2-6-12-20/h1-14,17-18H,15-16H2. The van der Waals surface area contributed by atoms with Crippen molar-refractivity contribution in [1.82, 2.24) is 0 Å². The van der Waals surface area contributed by atoms with Crippen LogP contribution >= 0.6 is 0 Å². The Hall–Kier alpha value is -3.80. The summed E-state index contributed by atoms with van der Waals surface area (Å²) in [5.41, 5.74) is 1.91. The van der Waals surface area contributed by atoms with Gasteiger partial charge in [0.05, 0.1) is 0 Å². The van der Waals surface area contributed by atoms with Crippen molar-refractivity contribution in [2.45, 2.75) is 5.79 Å². The Bertz CT molecular complexity index is 824. The molecule has 0 radical (unpaired) electrons. The van der Waals surface area contributed by atoms with Crippen LogP contribution in [0.3, 0.4) is 0 Å². The number of hydrogen-bond donors (Lipinski definition) is 0. The van der Waals surface area contributed by atoms with Gasteiger partial charge in [0.2, 0.25) is 0 Å². The van der Waals surface area contributed by atoms with E-state index in [1.165, 1.54) is 0 Å². The zero-order valence-electron chi connectivity index (χ0n) is 15.6. The van der Waals surface area contributed by atoms with E-state index < -0.39 is 17.7 Å². The molecule has 6 heteroatoms. The molecular weight excluding hydrogens is 372 g/mol. The average molecular weight is 392 g/mol. The summed E-state index contributed by atoms with van der Waals surface area (Å²) in [5.74, 6) is -4.25. The van der Waals surface area contributed by atoms with Gasteiger partial charge < -0.3 is 18.9 Å². The van der Waals surface area contributed by atoms with Crippen LogP contribution in [0.4, 0.5) is 0 Å². The fourth-order valence-electron chi connectivity index (χ4n) is 2.49. The van der Waals surface area contributed by atoms with Gasteiger partial charge in [0, 0.05) is 0 Å². The van der Waals surface area contributed by atoms with E-state index in [0.29, 0.717) is 0 Å². The number of benzene rings is 2. The fraction of sp³-hybridized carbons (Fsp3) is 0.130. The van der Waals surface area contributed by atoms with E-state index in [-0.39, 0.29) is 13.2 Å². The van der Waals surface area contributed by atoms with Gasteiger partial charge in [0.15, 0.2) is 0 Å². The highest BCUT2D eigenvalue weighted by Gasteiger charge is 2.56. The van der Waals surface area contributed by atoms with E-state index in [1.54, 1.807) is 24.3 Å². The van der Waals surface area contributed by atoms with E-state index in [0.717, 1.165) is 23.7 Å². The molecule has 0 N–H and O–H groups in total. The summed E-state index contributed by atoms with van der Waals surface area (Å²) in [6, 6.07) is 19.0.